The van der Waals surface area contributed by atoms with E-state index in [2.05, 4.69) is 15.2 Å². The summed E-state index contributed by atoms with van der Waals surface area (Å²) in [6.07, 6.45) is -5.31. The number of hydrogen-bond donors (Lipinski definition) is 3. The van der Waals surface area contributed by atoms with Crippen LogP contribution in [0.1, 0.15) is 5.56 Å². The third-order valence-electron chi connectivity index (χ3n) is 2.55. The summed E-state index contributed by atoms with van der Waals surface area (Å²) in [5, 5.41) is 25.8. The summed E-state index contributed by atoms with van der Waals surface area (Å²) in [5.41, 5.74) is -0.492. The van der Waals surface area contributed by atoms with Crippen LogP contribution in [0.5, 0.6) is 0 Å². The number of aromatic amines is 1. The van der Waals surface area contributed by atoms with Gasteiger partial charge in [0.2, 0.25) is 0 Å². The van der Waals surface area contributed by atoms with Crippen molar-refractivity contribution in [2.75, 3.05) is 12.4 Å². The van der Waals surface area contributed by atoms with Crippen molar-refractivity contribution in [2.45, 2.75) is 17.4 Å². The van der Waals surface area contributed by atoms with Crippen LogP contribution in [0.4, 0.5) is 13.2 Å². The van der Waals surface area contributed by atoms with Gasteiger partial charge >= 0.3 is 6.18 Å². The quantitative estimate of drug-likeness (QED) is 0.734. The fourth-order valence-electron chi connectivity index (χ4n) is 1.51. The first-order valence-corrected chi connectivity index (χ1v) is 6.90. The predicted octanol–water partition coefficient (Wildman–Crippen LogP) is 1.94. The number of nitrogens with zero attached hydrogens (tertiary/aromatic N) is 2. The van der Waals surface area contributed by atoms with Crippen LogP contribution in [0.25, 0.3) is 11.4 Å². The Kier molecular flexibility index (Phi) is 4.86. The molecule has 0 aliphatic heterocycles. The molecule has 2 aromatic rings. The molecule has 1 aromatic carbocycles. The number of rotatable bonds is 5. The number of aliphatic hydroxyl groups excluding tert-OH is 2. The highest BCUT2D eigenvalue weighted by Gasteiger charge is 2.30. The molecule has 0 aliphatic rings. The van der Waals surface area contributed by atoms with E-state index in [9.17, 15) is 18.3 Å². The summed E-state index contributed by atoms with van der Waals surface area (Å²) >= 11 is 1.12. The zero-order valence-corrected chi connectivity index (χ0v) is 11.4. The van der Waals surface area contributed by atoms with Gasteiger partial charge in [-0.1, -0.05) is 23.9 Å². The molecule has 1 atom stereocenters. The van der Waals surface area contributed by atoms with Gasteiger partial charge in [0.05, 0.1) is 18.3 Å². The highest BCUT2D eigenvalue weighted by Crippen LogP contribution is 2.31. The molecule has 1 heterocycles. The molecular formula is C12H12F3N3O2S. The van der Waals surface area contributed by atoms with E-state index in [1.807, 2.05) is 0 Å². The Morgan fingerprint density at radius 2 is 2.05 bits per heavy atom. The normalized spacial score (nSPS) is 13.4. The van der Waals surface area contributed by atoms with E-state index in [0.717, 1.165) is 23.9 Å². The zero-order valence-electron chi connectivity index (χ0n) is 10.6. The number of thioether (sulfide) groups is 1. The Morgan fingerprint density at radius 1 is 1.29 bits per heavy atom. The summed E-state index contributed by atoms with van der Waals surface area (Å²) in [7, 11) is 0. The van der Waals surface area contributed by atoms with Gasteiger partial charge in [0.1, 0.15) is 0 Å². The van der Waals surface area contributed by atoms with Crippen LogP contribution in [0.15, 0.2) is 29.4 Å². The predicted molar refractivity (Wildman–Crippen MR) is 70.6 cm³/mol. The van der Waals surface area contributed by atoms with Crippen molar-refractivity contribution in [3.63, 3.8) is 0 Å². The number of H-pyrrole nitrogens is 1. The third-order valence-corrected chi connectivity index (χ3v) is 3.56. The Labute approximate surface area is 122 Å². The molecule has 0 aliphatic carbocycles. The van der Waals surface area contributed by atoms with Gasteiger partial charge < -0.3 is 15.2 Å². The average Bonchev–Trinajstić information content (AvgIpc) is 2.93. The number of aliphatic hydroxyl groups is 2. The first kappa shape index (κ1) is 15.8. The fraction of sp³-hybridized carbons (Fsp3) is 0.333. The van der Waals surface area contributed by atoms with Crippen molar-refractivity contribution >= 4 is 11.8 Å². The van der Waals surface area contributed by atoms with Gasteiger partial charge in [-0.3, -0.25) is 0 Å². The number of aromatic nitrogens is 3. The maximum Gasteiger partial charge on any atom is 0.416 e. The number of hydrogen-bond acceptors (Lipinski definition) is 5. The van der Waals surface area contributed by atoms with E-state index in [0.29, 0.717) is 5.16 Å². The number of nitrogens with one attached hydrogen (secondary N) is 1. The second-order valence-electron chi connectivity index (χ2n) is 4.20. The molecule has 5 nitrogen and oxygen atoms in total. The van der Waals surface area contributed by atoms with Gasteiger partial charge in [-0.2, -0.15) is 13.2 Å². The van der Waals surface area contributed by atoms with Gasteiger partial charge in [0.15, 0.2) is 11.0 Å². The molecule has 9 heteroatoms. The molecular weight excluding hydrogens is 307 g/mol. The molecule has 0 amide bonds. The summed E-state index contributed by atoms with van der Waals surface area (Å²) in [4.78, 5) is 2.77. The first-order valence-electron chi connectivity index (χ1n) is 5.92. The molecule has 1 aromatic heterocycles. The third kappa shape index (κ3) is 4.19. The molecule has 1 unspecified atom stereocenters. The number of benzene rings is 1. The Morgan fingerprint density at radius 3 is 2.71 bits per heavy atom. The molecule has 0 bridgehead atoms. The van der Waals surface area contributed by atoms with E-state index in [-0.39, 0.29) is 23.7 Å². The van der Waals surface area contributed by atoms with Crippen molar-refractivity contribution < 1.29 is 23.4 Å². The molecule has 21 heavy (non-hydrogen) atoms. The van der Waals surface area contributed by atoms with E-state index in [1.165, 1.54) is 12.1 Å². The number of alkyl halides is 3. The van der Waals surface area contributed by atoms with E-state index in [4.69, 9.17) is 5.11 Å². The minimum absolute atomic E-state index is 0.202. The smallest absolute Gasteiger partial charge is 0.394 e. The van der Waals surface area contributed by atoms with Crippen LogP contribution in [-0.2, 0) is 6.18 Å². The highest BCUT2D eigenvalue weighted by atomic mass is 32.2. The Bertz CT molecular complexity index is 603. The van der Waals surface area contributed by atoms with Crippen molar-refractivity contribution in [1.82, 2.24) is 15.2 Å². The first-order chi connectivity index (χ1) is 9.90. The maximum absolute atomic E-state index is 12.6. The van der Waals surface area contributed by atoms with Crippen LogP contribution >= 0.6 is 11.8 Å². The monoisotopic (exact) mass is 319 g/mol. The minimum Gasteiger partial charge on any atom is -0.394 e. The van der Waals surface area contributed by atoms with E-state index >= 15 is 0 Å². The van der Waals surface area contributed by atoms with Gasteiger partial charge in [-0.25, -0.2) is 0 Å². The topological polar surface area (TPSA) is 82.0 Å². The average molecular weight is 319 g/mol. The molecule has 0 spiro atoms. The summed E-state index contributed by atoms with van der Waals surface area (Å²) in [6, 6.07) is 4.75. The summed E-state index contributed by atoms with van der Waals surface area (Å²) < 4.78 is 37.9. The van der Waals surface area contributed by atoms with Crippen LogP contribution in [0.2, 0.25) is 0 Å². The SMILES string of the molecule is OCC(O)CSc1nnc(-c2cccc(C(F)(F)F)c2)[nH]1. The lowest BCUT2D eigenvalue weighted by molar-refractivity contribution is -0.137. The molecule has 0 saturated heterocycles. The summed E-state index contributed by atoms with van der Waals surface area (Å²) in [5.74, 6) is 0.412. The Balaban J connectivity index is 2.14. The number of halogens is 3. The fourth-order valence-corrected chi connectivity index (χ4v) is 2.24. The lowest BCUT2D eigenvalue weighted by Gasteiger charge is -2.07. The zero-order chi connectivity index (χ0) is 15.5. The maximum atomic E-state index is 12.6. The van der Waals surface area contributed by atoms with Crippen LogP contribution in [0, 0.1) is 0 Å². The molecule has 0 saturated carbocycles. The lowest BCUT2D eigenvalue weighted by atomic mass is 10.1. The highest BCUT2D eigenvalue weighted by molar-refractivity contribution is 7.99. The second-order valence-corrected chi connectivity index (χ2v) is 5.21. The van der Waals surface area contributed by atoms with Crippen molar-refractivity contribution in [1.29, 1.82) is 0 Å². The van der Waals surface area contributed by atoms with Gasteiger partial charge in [-0.15, -0.1) is 10.2 Å². The second kappa shape index (κ2) is 6.46. The van der Waals surface area contributed by atoms with Crippen molar-refractivity contribution in [3.8, 4) is 11.4 Å². The van der Waals surface area contributed by atoms with E-state index < -0.39 is 17.8 Å². The van der Waals surface area contributed by atoms with Crippen LogP contribution in [-0.4, -0.2) is 43.9 Å². The molecule has 0 radical (unpaired) electrons. The molecule has 2 rings (SSSR count). The molecule has 0 fully saturated rings. The standard InChI is InChI=1S/C12H12F3N3O2S/c13-12(14,15)8-3-1-2-7(4-8)10-16-11(18-17-10)21-6-9(20)5-19/h1-4,9,19-20H,5-6H2,(H,16,17,18). The van der Waals surface area contributed by atoms with Gasteiger partial charge in [0, 0.05) is 11.3 Å². The lowest BCUT2D eigenvalue weighted by Crippen LogP contribution is -2.14. The molecule has 3 N–H and O–H groups in total. The van der Waals surface area contributed by atoms with Crippen LogP contribution in [0.3, 0.4) is 0 Å². The summed E-state index contributed by atoms with van der Waals surface area (Å²) in [6.45, 7) is -0.373. The molecule has 114 valence electrons. The van der Waals surface area contributed by atoms with Gasteiger partial charge in [0.25, 0.3) is 0 Å². The van der Waals surface area contributed by atoms with Crippen LogP contribution < -0.4 is 0 Å². The van der Waals surface area contributed by atoms with E-state index in [1.54, 1.807) is 0 Å². The van der Waals surface area contributed by atoms with Crippen molar-refractivity contribution in [2.24, 2.45) is 0 Å². The minimum atomic E-state index is -4.42. The largest absolute Gasteiger partial charge is 0.416 e. The van der Waals surface area contributed by atoms with Gasteiger partial charge in [-0.05, 0) is 12.1 Å². The van der Waals surface area contributed by atoms with Crippen molar-refractivity contribution in [3.05, 3.63) is 29.8 Å². The Hall–Kier alpha value is -1.58.